The summed E-state index contributed by atoms with van der Waals surface area (Å²) in [5.41, 5.74) is 1.94. The number of rotatable bonds is 4. The maximum Gasteiger partial charge on any atom is 0.231 e. The van der Waals surface area contributed by atoms with Gasteiger partial charge in [0.15, 0.2) is 11.5 Å². The second kappa shape index (κ2) is 3.81. The van der Waals surface area contributed by atoms with Crippen LogP contribution in [0.3, 0.4) is 0 Å². The zero-order valence-corrected chi connectivity index (χ0v) is 11.3. The Morgan fingerprint density at radius 1 is 1.44 bits per heavy atom. The van der Waals surface area contributed by atoms with Gasteiger partial charge in [0, 0.05) is 22.5 Å². The molecule has 3 nitrogen and oxygen atoms in total. The van der Waals surface area contributed by atoms with E-state index in [1.807, 2.05) is 6.07 Å². The smallest absolute Gasteiger partial charge is 0.231 e. The molecule has 1 saturated carbocycles. The number of thioether (sulfide) groups is 1. The molecule has 1 saturated heterocycles. The third kappa shape index (κ3) is 1.48. The molecule has 0 amide bonds. The summed E-state index contributed by atoms with van der Waals surface area (Å²) in [4.78, 5) is 0. The normalized spacial score (nSPS) is 32.6. The topological polar surface area (TPSA) is 30.5 Å². The fourth-order valence-corrected chi connectivity index (χ4v) is 4.92. The monoisotopic (exact) mass is 263 g/mol. The molecule has 2 aliphatic heterocycles. The molecule has 0 spiro atoms. The van der Waals surface area contributed by atoms with Crippen LogP contribution in [0.5, 0.6) is 11.5 Å². The van der Waals surface area contributed by atoms with Crippen LogP contribution in [0.1, 0.15) is 12.0 Å². The van der Waals surface area contributed by atoms with Gasteiger partial charge in [-0.2, -0.15) is 11.8 Å². The van der Waals surface area contributed by atoms with Crippen LogP contribution in [-0.2, 0) is 6.42 Å². The van der Waals surface area contributed by atoms with Crippen molar-refractivity contribution in [2.45, 2.75) is 24.1 Å². The highest BCUT2D eigenvalue weighted by atomic mass is 32.2. The first-order valence-corrected chi connectivity index (χ1v) is 7.54. The van der Waals surface area contributed by atoms with Gasteiger partial charge in [-0.3, -0.25) is 0 Å². The fraction of sp³-hybridized carbons (Fsp3) is 0.571. The largest absolute Gasteiger partial charge is 0.454 e. The van der Waals surface area contributed by atoms with Crippen molar-refractivity contribution in [3.05, 3.63) is 23.8 Å². The first-order valence-electron chi connectivity index (χ1n) is 6.49. The van der Waals surface area contributed by atoms with Gasteiger partial charge < -0.3 is 14.8 Å². The molecule has 3 aliphatic rings. The number of benzene rings is 1. The van der Waals surface area contributed by atoms with E-state index in [0.717, 1.165) is 23.2 Å². The molecular formula is C14H17NO2S. The van der Waals surface area contributed by atoms with Crippen LogP contribution in [0, 0.1) is 5.41 Å². The molecule has 2 heterocycles. The lowest BCUT2D eigenvalue weighted by molar-refractivity contribution is 0.174. The van der Waals surface area contributed by atoms with Crippen LogP contribution < -0.4 is 14.8 Å². The zero-order chi connectivity index (χ0) is 12.2. The van der Waals surface area contributed by atoms with Crippen molar-refractivity contribution in [2.75, 3.05) is 19.6 Å². The number of nitrogens with one attached hydrogen (secondary N) is 1. The van der Waals surface area contributed by atoms with Gasteiger partial charge >= 0.3 is 0 Å². The van der Waals surface area contributed by atoms with E-state index in [1.54, 1.807) is 0 Å². The molecule has 1 aromatic rings. The molecule has 1 aliphatic carbocycles. The van der Waals surface area contributed by atoms with E-state index in [4.69, 9.17) is 9.47 Å². The van der Waals surface area contributed by atoms with Crippen LogP contribution in [0.4, 0.5) is 0 Å². The van der Waals surface area contributed by atoms with Crippen LogP contribution >= 0.6 is 11.8 Å². The minimum absolute atomic E-state index is 0.358. The summed E-state index contributed by atoms with van der Waals surface area (Å²) in [7, 11) is 2.09. The number of ether oxygens (including phenoxy) is 2. The van der Waals surface area contributed by atoms with E-state index < -0.39 is 0 Å². The molecule has 3 unspecified atom stereocenters. The minimum atomic E-state index is 0.358. The number of likely N-dealkylation sites (N-methyl/N-ethyl adjacent to an activating group) is 1. The quantitative estimate of drug-likeness (QED) is 0.900. The summed E-state index contributed by atoms with van der Waals surface area (Å²) in [5, 5.41) is 4.44. The van der Waals surface area contributed by atoms with E-state index >= 15 is 0 Å². The zero-order valence-electron chi connectivity index (χ0n) is 10.4. The summed E-state index contributed by atoms with van der Waals surface area (Å²) < 4.78 is 10.8. The van der Waals surface area contributed by atoms with E-state index in [1.165, 1.54) is 17.7 Å². The van der Waals surface area contributed by atoms with Gasteiger partial charge in [-0.25, -0.2) is 0 Å². The lowest BCUT2D eigenvalue weighted by Gasteiger charge is -2.33. The van der Waals surface area contributed by atoms with E-state index in [-0.39, 0.29) is 0 Å². The average molecular weight is 263 g/mol. The van der Waals surface area contributed by atoms with Gasteiger partial charge in [0.25, 0.3) is 0 Å². The third-order valence-electron chi connectivity index (χ3n) is 4.52. The highest BCUT2D eigenvalue weighted by Crippen LogP contribution is 2.67. The molecule has 18 heavy (non-hydrogen) atoms. The summed E-state index contributed by atoms with van der Waals surface area (Å²) >= 11 is 2.12. The molecule has 0 radical (unpaired) electrons. The summed E-state index contributed by atoms with van der Waals surface area (Å²) in [5.74, 6) is 3.10. The van der Waals surface area contributed by atoms with E-state index in [9.17, 15) is 0 Å². The Kier molecular flexibility index (Phi) is 2.33. The lowest BCUT2D eigenvalue weighted by atomic mass is 9.91. The van der Waals surface area contributed by atoms with Crippen molar-refractivity contribution in [3.8, 4) is 11.5 Å². The molecule has 0 bridgehead atoms. The Balaban J connectivity index is 1.53. The average Bonchev–Trinajstić information content (AvgIpc) is 2.78. The Labute approximate surface area is 111 Å². The Morgan fingerprint density at radius 3 is 3.00 bits per heavy atom. The molecule has 1 N–H and O–H groups in total. The molecule has 4 heteroatoms. The predicted molar refractivity (Wildman–Crippen MR) is 72.4 cm³/mol. The van der Waals surface area contributed by atoms with E-state index in [0.29, 0.717) is 18.2 Å². The molecule has 2 fully saturated rings. The van der Waals surface area contributed by atoms with Crippen LogP contribution in [-0.4, -0.2) is 30.9 Å². The molecular weight excluding hydrogens is 246 g/mol. The number of hydrogen-bond donors (Lipinski definition) is 1. The molecule has 96 valence electrons. The van der Waals surface area contributed by atoms with Crippen molar-refractivity contribution in [1.29, 1.82) is 0 Å². The summed E-state index contributed by atoms with van der Waals surface area (Å²) in [6.07, 6.45) is 2.48. The third-order valence-corrected chi connectivity index (χ3v) is 6.26. The van der Waals surface area contributed by atoms with Gasteiger partial charge in [-0.1, -0.05) is 6.07 Å². The minimum Gasteiger partial charge on any atom is -0.454 e. The second-order valence-electron chi connectivity index (χ2n) is 5.47. The fourth-order valence-electron chi connectivity index (χ4n) is 3.18. The van der Waals surface area contributed by atoms with Crippen molar-refractivity contribution in [2.24, 2.45) is 5.41 Å². The highest BCUT2D eigenvalue weighted by molar-refractivity contribution is 8.02. The number of fused-ring (bicyclic) bond motifs is 2. The van der Waals surface area contributed by atoms with Gasteiger partial charge in [0.2, 0.25) is 6.79 Å². The van der Waals surface area contributed by atoms with Crippen molar-refractivity contribution in [3.63, 3.8) is 0 Å². The number of hydrogen-bond acceptors (Lipinski definition) is 4. The first-order chi connectivity index (χ1) is 8.82. The Bertz CT molecular complexity index is 489. The maximum absolute atomic E-state index is 5.44. The Morgan fingerprint density at radius 2 is 2.33 bits per heavy atom. The van der Waals surface area contributed by atoms with E-state index in [2.05, 4.69) is 36.3 Å². The molecule has 3 atom stereocenters. The van der Waals surface area contributed by atoms with Gasteiger partial charge in [0.1, 0.15) is 0 Å². The second-order valence-corrected chi connectivity index (χ2v) is 6.66. The molecule has 4 rings (SSSR count). The van der Waals surface area contributed by atoms with Crippen molar-refractivity contribution >= 4 is 11.8 Å². The highest BCUT2D eigenvalue weighted by Gasteiger charge is 2.65. The summed E-state index contributed by atoms with van der Waals surface area (Å²) in [6, 6.07) is 6.93. The SMILES string of the molecule is CNC(Cc1ccc2c(c1)OCO2)C12CSC1C2. The summed E-state index contributed by atoms with van der Waals surface area (Å²) in [6.45, 7) is 0.358. The standard InChI is InChI=1S/C14H17NO2S/c1-15-12(14-6-13(14)18-7-14)5-9-2-3-10-11(4-9)17-8-16-10/h2-4,12-13,15H,5-8H2,1H3. The van der Waals surface area contributed by atoms with Gasteiger partial charge in [0.05, 0.1) is 0 Å². The molecule has 0 aromatic heterocycles. The van der Waals surface area contributed by atoms with Crippen LogP contribution in [0.2, 0.25) is 0 Å². The maximum atomic E-state index is 5.44. The van der Waals surface area contributed by atoms with Crippen molar-refractivity contribution in [1.82, 2.24) is 5.32 Å². The van der Waals surface area contributed by atoms with Gasteiger partial charge in [-0.05, 0) is 37.6 Å². The van der Waals surface area contributed by atoms with Crippen LogP contribution in [0.15, 0.2) is 18.2 Å². The lowest BCUT2D eigenvalue weighted by Crippen LogP contribution is -2.43. The first kappa shape index (κ1) is 11.0. The predicted octanol–water partition coefficient (Wildman–Crippen LogP) is 2.05. The van der Waals surface area contributed by atoms with Crippen molar-refractivity contribution < 1.29 is 9.47 Å². The Hall–Kier alpha value is -0.870. The molecule has 1 aromatic carbocycles. The van der Waals surface area contributed by atoms with Crippen LogP contribution in [0.25, 0.3) is 0 Å². The van der Waals surface area contributed by atoms with Gasteiger partial charge in [-0.15, -0.1) is 0 Å².